The minimum atomic E-state index is -0.234. The smallest absolute Gasteiger partial charge is 0.264 e. The molecule has 2 heterocycles. The third kappa shape index (κ3) is 3.28. The van der Waals surface area contributed by atoms with Gasteiger partial charge in [-0.3, -0.25) is 4.79 Å². The summed E-state index contributed by atoms with van der Waals surface area (Å²) in [6.45, 7) is 2.04. The number of nitrogens with zero attached hydrogens (tertiary/aromatic N) is 1. The number of carbonyl (C=O) groups excluding carboxylic acids is 1. The van der Waals surface area contributed by atoms with Crippen molar-refractivity contribution >= 4 is 57.8 Å². The predicted molar refractivity (Wildman–Crippen MR) is 105 cm³/mol. The Morgan fingerprint density at radius 2 is 1.96 bits per heavy atom. The molecular weight excluding hydrogens is 395 g/mol. The molecule has 1 saturated heterocycles. The number of carbonyl (C=O) groups is 1. The SMILES string of the molecule is Cc1c(Cl)cccc1N=C1NC(=O)C(=Cc2cc3c(cc2Cl)OCO3)S1. The van der Waals surface area contributed by atoms with Crippen LogP contribution in [0, 0.1) is 6.92 Å². The molecule has 0 saturated carbocycles. The summed E-state index contributed by atoms with van der Waals surface area (Å²) in [5.41, 5.74) is 2.24. The lowest BCUT2D eigenvalue weighted by atomic mass is 10.2. The number of benzene rings is 2. The van der Waals surface area contributed by atoms with Crippen LogP contribution in [0.3, 0.4) is 0 Å². The van der Waals surface area contributed by atoms with Gasteiger partial charge in [-0.15, -0.1) is 0 Å². The van der Waals surface area contributed by atoms with E-state index in [1.165, 1.54) is 11.8 Å². The molecule has 132 valence electrons. The van der Waals surface area contributed by atoms with E-state index in [1.807, 2.05) is 19.1 Å². The van der Waals surface area contributed by atoms with E-state index in [1.54, 1.807) is 24.3 Å². The number of thioether (sulfide) groups is 1. The number of fused-ring (bicyclic) bond motifs is 1. The summed E-state index contributed by atoms with van der Waals surface area (Å²) in [7, 11) is 0. The molecule has 2 aliphatic heterocycles. The fourth-order valence-corrected chi connectivity index (χ4v) is 3.70. The zero-order valence-corrected chi connectivity index (χ0v) is 15.8. The lowest BCUT2D eigenvalue weighted by molar-refractivity contribution is -0.115. The molecule has 0 atom stereocenters. The number of aliphatic imine (C=N–C) groups is 1. The van der Waals surface area contributed by atoms with Crippen LogP contribution in [-0.4, -0.2) is 17.9 Å². The number of halogens is 2. The average molecular weight is 407 g/mol. The first kappa shape index (κ1) is 17.3. The molecule has 1 amide bonds. The van der Waals surface area contributed by atoms with Crippen molar-refractivity contribution in [3.63, 3.8) is 0 Å². The summed E-state index contributed by atoms with van der Waals surface area (Å²) in [4.78, 5) is 17.2. The van der Waals surface area contributed by atoms with E-state index in [2.05, 4.69) is 10.3 Å². The molecule has 0 spiro atoms. The molecule has 4 rings (SSSR count). The molecule has 0 unspecified atom stereocenters. The number of hydrogen-bond acceptors (Lipinski definition) is 5. The number of amides is 1. The van der Waals surface area contributed by atoms with Crippen molar-refractivity contribution in [2.75, 3.05) is 6.79 Å². The van der Waals surface area contributed by atoms with Crippen molar-refractivity contribution in [2.45, 2.75) is 6.92 Å². The zero-order valence-electron chi connectivity index (χ0n) is 13.5. The first-order chi connectivity index (χ1) is 12.5. The van der Waals surface area contributed by atoms with Gasteiger partial charge in [0.05, 0.1) is 15.6 Å². The summed E-state index contributed by atoms with van der Waals surface area (Å²) in [5.74, 6) is 0.967. The molecule has 1 fully saturated rings. The molecule has 2 aromatic carbocycles. The fraction of sp³-hybridized carbons (Fsp3) is 0.111. The summed E-state index contributed by atoms with van der Waals surface area (Å²) < 4.78 is 10.6. The van der Waals surface area contributed by atoms with Crippen LogP contribution in [0.15, 0.2) is 40.2 Å². The zero-order chi connectivity index (χ0) is 18.3. The number of ether oxygens (including phenoxy) is 2. The summed E-state index contributed by atoms with van der Waals surface area (Å²) in [6, 6.07) is 8.89. The van der Waals surface area contributed by atoms with Crippen molar-refractivity contribution in [2.24, 2.45) is 4.99 Å². The Labute approximate surface area is 164 Å². The maximum Gasteiger partial charge on any atom is 0.264 e. The summed E-state index contributed by atoms with van der Waals surface area (Å²) in [6.07, 6.45) is 1.71. The van der Waals surface area contributed by atoms with E-state index in [4.69, 9.17) is 32.7 Å². The highest BCUT2D eigenvalue weighted by Gasteiger charge is 2.25. The van der Waals surface area contributed by atoms with Crippen LogP contribution in [0.2, 0.25) is 10.0 Å². The van der Waals surface area contributed by atoms with Gasteiger partial charge in [-0.2, -0.15) is 0 Å². The highest BCUT2D eigenvalue weighted by molar-refractivity contribution is 8.18. The van der Waals surface area contributed by atoms with E-state index in [0.717, 1.165) is 5.56 Å². The first-order valence-corrected chi connectivity index (χ1v) is 9.22. The average Bonchev–Trinajstić information content (AvgIpc) is 3.18. The molecule has 0 aliphatic carbocycles. The highest BCUT2D eigenvalue weighted by atomic mass is 35.5. The Morgan fingerprint density at radius 3 is 2.77 bits per heavy atom. The van der Waals surface area contributed by atoms with Crippen molar-refractivity contribution in [3.05, 3.63) is 56.4 Å². The first-order valence-electron chi connectivity index (χ1n) is 7.65. The van der Waals surface area contributed by atoms with E-state index >= 15 is 0 Å². The van der Waals surface area contributed by atoms with Gasteiger partial charge in [-0.25, -0.2) is 4.99 Å². The van der Waals surface area contributed by atoms with E-state index in [-0.39, 0.29) is 12.7 Å². The van der Waals surface area contributed by atoms with Gasteiger partial charge in [0.25, 0.3) is 5.91 Å². The van der Waals surface area contributed by atoms with Gasteiger partial charge >= 0.3 is 0 Å². The predicted octanol–water partition coefficient (Wildman–Crippen LogP) is 4.92. The second kappa shape index (κ2) is 6.87. The van der Waals surface area contributed by atoms with Crippen LogP contribution in [0.4, 0.5) is 5.69 Å². The minimum absolute atomic E-state index is 0.163. The Balaban J connectivity index is 1.63. The topological polar surface area (TPSA) is 59.9 Å². The molecule has 2 aromatic rings. The van der Waals surface area contributed by atoms with Gasteiger partial charge in [0.1, 0.15) is 0 Å². The summed E-state index contributed by atoms with van der Waals surface area (Å²) in [5, 5.41) is 4.35. The quantitative estimate of drug-likeness (QED) is 0.718. The van der Waals surface area contributed by atoms with Gasteiger partial charge in [-0.1, -0.05) is 29.3 Å². The van der Waals surface area contributed by atoms with Crippen molar-refractivity contribution in [1.82, 2.24) is 5.32 Å². The Morgan fingerprint density at radius 1 is 1.19 bits per heavy atom. The molecule has 5 nitrogen and oxygen atoms in total. The molecule has 26 heavy (non-hydrogen) atoms. The van der Waals surface area contributed by atoms with Crippen LogP contribution in [0.1, 0.15) is 11.1 Å². The Bertz CT molecular complexity index is 989. The van der Waals surface area contributed by atoms with Crippen molar-refractivity contribution in [3.8, 4) is 11.5 Å². The van der Waals surface area contributed by atoms with E-state index in [9.17, 15) is 4.79 Å². The fourth-order valence-electron chi connectivity index (χ4n) is 2.49. The third-order valence-electron chi connectivity index (χ3n) is 3.89. The number of nitrogens with one attached hydrogen (secondary N) is 1. The van der Waals surface area contributed by atoms with Crippen LogP contribution >= 0.6 is 35.0 Å². The van der Waals surface area contributed by atoms with Gasteiger partial charge in [0.15, 0.2) is 16.7 Å². The molecular formula is C18H12Cl2N2O3S. The lowest BCUT2D eigenvalue weighted by Gasteiger charge is -2.03. The largest absolute Gasteiger partial charge is 0.454 e. The second-order valence-corrected chi connectivity index (χ2v) is 7.44. The van der Waals surface area contributed by atoms with Crippen molar-refractivity contribution < 1.29 is 14.3 Å². The molecule has 8 heteroatoms. The molecule has 1 N–H and O–H groups in total. The maximum atomic E-state index is 12.3. The van der Waals surface area contributed by atoms with E-state index in [0.29, 0.717) is 42.9 Å². The monoisotopic (exact) mass is 406 g/mol. The molecule has 2 aliphatic rings. The molecule has 0 bridgehead atoms. The summed E-state index contributed by atoms with van der Waals surface area (Å²) >= 11 is 13.6. The molecule has 0 aromatic heterocycles. The van der Waals surface area contributed by atoms with Gasteiger partial charge in [-0.05, 0) is 54.1 Å². The number of rotatable bonds is 2. The maximum absolute atomic E-state index is 12.3. The van der Waals surface area contributed by atoms with Crippen molar-refractivity contribution in [1.29, 1.82) is 0 Å². The van der Waals surface area contributed by atoms with Crippen LogP contribution < -0.4 is 14.8 Å². The number of amidine groups is 1. The van der Waals surface area contributed by atoms with Gasteiger partial charge in [0.2, 0.25) is 6.79 Å². The standard InChI is InChI=1S/C18H12Cl2N2O3S/c1-9-11(19)3-2-4-13(9)21-18-22-17(23)16(26-18)6-10-5-14-15(7-12(10)20)25-8-24-14/h2-7H,8H2,1H3,(H,21,22,23). The van der Waals surface area contributed by atoms with Gasteiger partial charge < -0.3 is 14.8 Å². The van der Waals surface area contributed by atoms with Crippen LogP contribution in [-0.2, 0) is 4.79 Å². The van der Waals surface area contributed by atoms with Crippen LogP contribution in [0.5, 0.6) is 11.5 Å². The molecule has 0 radical (unpaired) electrons. The Hall–Kier alpha value is -2.15. The minimum Gasteiger partial charge on any atom is -0.454 e. The third-order valence-corrected chi connectivity index (χ3v) is 5.54. The van der Waals surface area contributed by atoms with Gasteiger partial charge in [0, 0.05) is 11.1 Å². The Kier molecular flexibility index (Phi) is 4.56. The normalized spacial score (nSPS) is 18.7. The van der Waals surface area contributed by atoms with E-state index < -0.39 is 0 Å². The second-order valence-electron chi connectivity index (χ2n) is 5.59. The highest BCUT2D eigenvalue weighted by Crippen LogP contribution is 2.39. The number of hydrogen-bond donors (Lipinski definition) is 1. The van der Waals surface area contributed by atoms with Crippen LogP contribution in [0.25, 0.3) is 6.08 Å². The lowest BCUT2D eigenvalue weighted by Crippen LogP contribution is -2.19.